The molecule has 2 amide bonds. The molecule has 0 aromatic heterocycles. The molecular weight excluding hydrogens is 768 g/mol. The number of likely N-dealkylation sites (tertiary alicyclic amines) is 2. The van der Waals surface area contributed by atoms with Crippen molar-refractivity contribution < 1.29 is 22.8 Å². The molecule has 2 unspecified atom stereocenters. The molecule has 0 spiro atoms. The molecule has 2 aliphatic rings. The summed E-state index contributed by atoms with van der Waals surface area (Å²) in [5.74, 6) is -0.328. The smallest absolute Gasteiger partial charge is 0.344 e. The Kier molecular flexibility index (Phi) is 15.1. The van der Waals surface area contributed by atoms with Crippen LogP contribution in [0.1, 0.15) is 95.9 Å². The summed E-state index contributed by atoms with van der Waals surface area (Å²) in [6.45, 7) is 9.99. The molecule has 4 atom stereocenters. The Morgan fingerprint density at radius 1 is 0.691 bits per heavy atom. The zero-order valence-electron chi connectivity index (χ0n) is 31.3. The van der Waals surface area contributed by atoms with Crippen LogP contribution in [0, 0.1) is 5.92 Å². The van der Waals surface area contributed by atoms with Crippen molar-refractivity contribution in [3.05, 3.63) is 140 Å². The zero-order chi connectivity index (χ0) is 39.7. The van der Waals surface area contributed by atoms with Crippen molar-refractivity contribution in [2.75, 3.05) is 26.2 Å². The summed E-state index contributed by atoms with van der Waals surface area (Å²) in [6, 6.07) is 28.6. The van der Waals surface area contributed by atoms with E-state index < -0.39 is 22.7 Å². The Morgan fingerprint density at radius 2 is 1.18 bits per heavy atom. The molecule has 0 saturated carbocycles. The molecule has 4 aromatic rings. The summed E-state index contributed by atoms with van der Waals surface area (Å²) in [7, 11) is 0. The average molecular weight is 816 g/mol. The predicted octanol–water partition coefficient (Wildman–Crippen LogP) is 10.9. The average Bonchev–Trinajstić information content (AvgIpc) is 3.81. The standard InChI is InChI=1S/C23H26ClF3N2O.C20H22Cl2N2O/c1-15(2)20-12-7-13-29(20)14-19(16-8-4-3-5-9-16)28-22(30)17-10-6-11-18(21(17)24)23(25,26)27;1-14-7-6-12-24(14)13-18(15-8-3-2-4-9-15)23-20(25)16-10-5-11-17(21)19(16)22/h3-6,8-11,15,19-20H,7,12-14H2,1-2H3,(H,28,30);2-5,8-11,14,18H,6-7,12-13H2,1H3,(H,23,25)/t19-,20?;14?,18-/m11/s1. The highest BCUT2D eigenvalue weighted by Gasteiger charge is 2.35. The van der Waals surface area contributed by atoms with E-state index in [9.17, 15) is 22.8 Å². The van der Waals surface area contributed by atoms with Gasteiger partial charge in [-0.1, -0.05) is 121 Å². The number of hydrogen-bond donors (Lipinski definition) is 2. The Labute approximate surface area is 337 Å². The Hall–Kier alpha value is -3.60. The lowest BCUT2D eigenvalue weighted by molar-refractivity contribution is -0.137. The Balaban J connectivity index is 0.000000214. The van der Waals surface area contributed by atoms with Crippen molar-refractivity contribution >= 4 is 46.6 Å². The molecule has 2 saturated heterocycles. The number of carbonyl (C=O) groups is 2. The van der Waals surface area contributed by atoms with E-state index in [-0.39, 0.29) is 23.6 Å². The number of rotatable bonds is 11. The number of benzene rings is 4. The van der Waals surface area contributed by atoms with E-state index in [4.69, 9.17) is 34.8 Å². The molecule has 0 bridgehead atoms. The Morgan fingerprint density at radius 3 is 1.69 bits per heavy atom. The second-order valence-corrected chi connectivity index (χ2v) is 15.7. The monoisotopic (exact) mass is 814 g/mol. The number of nitrogens with zero attached hydrogens (tertiary/aromatic N) is 2. The van der Waals surface area contributed by atoms with Crippen LogP contribution in [0.3, 0.4) is 0 Å². The van der Waals surface area contributed by atoms with E-state index in [1.165, 1.54) is 25.0 Å². The van der Waals surface area contributed by atoms with Crippen molar-refractivity contribution in [3.8, 4) is 0 Å². The van der Waals surface area contributed by atoms with E-state index in [1.54, 1.807) is 18.2 Å². The van der Waals surface area contributed by atoms with Crippen LogP contribution in [-0.2, 0) is 6.18 Å². The van der Waals surface area contributed by atoms with Gasteiger partial charge in [0.1, 0.15) is 0 Å². The van der Waals surface area contributed by atoms with Gasteiger partial charge in [-0.3, -0.25) is 19.4 Å². The highest BCUT2D eigenvalue weighted by Crippen LogP contribution is 2.36. The van der Waals surface area contributed by atoms with Crippen LogP contribution < -0.4 is 10.6 Å². The van der Waals surface area contributed by atoms with Crippen molar-refractivity contribution in [3.63, 3.8) is 0 Å². The molecule has 55 heavy (non-hydrogen) atoms. The molecule has 2 heterocycles. The van der Waals surface area contributed by atoms with Crippen LogP contribution >= 0.6 is 34.8 Å². The minimum atomic E-state index is -4.62. The quantitative estimate of drug-likeness (QED) is 0.158. The first-order valence-corrected chi connectivity index (χ1v) is 19.9. The fraction of sp³-hybridized carbons (Fsp3) is 0.395. The number of hydrogen-bond acceptors (Lipinski definition) is 4. The van der Waals surface area contributed by atoms with Crippen molar-refractivity contribution in [2.24, 2.45) is 5.92 Å². The van der Waals surface area contributed by atoms with Crippen LogP contribution in [0.4, 0.5) is 13.2 Å². The third kappa shape index (κ3) is 11.3. The zero-order valence-corrected chi connectivity index (χ0v) is 33.5. The van der Waals surface area contributed by atoms with Gasteiger partial charge in [-0.05, 0) is 87.0 Å². The van der Waals surface area contributed by atoms with E-state index in [1.807, 2.05) is 60.7 Å². The molecule has 4 aromatic carbocycles. The fourth-order valence-corrected chi connectivity index (χ4v) is 8.19. The SMILES string of the molecule is CC(C)C1CCCN1C[C@@H](NC(=O)c1cccc(C(F)(F)F)c1Cl)c1ccccc1.CC1CCCN1C[C@@H](NC(=O)c1cccc(Cl)c1Cl)c1ccccc1. The van der Waals surface area contributed by atoms with Gasteiger partial charge >= 0.3 is 6.18 Å². The predicted molar refractivity (Wildman–Crippen MR) is 216 cm³/mol. The molecule has 2 fully saturated rings. The maximum absolute atomic E-state index is 13.2. The largest absolute Gasteiger partial charge is 0.417 e. The van der Waals surface area contributed by atoms with Gasteiger partial charge < -0.3 is 10.6 Å². The summed E-state index contributed by atoms with van der Waals surface area (Å²) in [5.41, 5.74) is 1.22. The first-order valence-electron chi connectivity index (χ1n) is 18.7. The summed E-state index contributed by atoms with van der Waals surface area (Å²) < 4.78 is 39.6. The lowest BCUT2D eigenvalue weighted by Gasteiger charge is -2.32. The maximum atomic E-state index is 13.2. The molecule has 6 nitrogen and oxygen atoms in total. The third-order valence-corrected chi connectivity index (χ3v) is 11.7. The highest BCUT2D eigenvalue weighted by atomic mass is 35.5. The summed E-state index contributed by atoms with van der Waals surface area (Å²) in [6.07, 6.45) is -0.0110. The van der Waals surface area contributed by atoms with Gasteiger partial charge in [0.2, 0.25) is 0 Å². The van der Waals surface area contributed by atoms with Crippen LogP contribution in [0.2, 0.25) is 15.1 Å². The molecule has 2 N–H and O–H groups in total. The Bertz CT molecular complexity index is 1880. The fourth-order valence-electron chi connectivity index (χ4n) is 7.48. The van der Waals surface area contributed by atoms with Gasteiger partial charge in [0.05, 0.1) is 43.8 Å². The molecule has 12 heteroatoms. The lowest BCUT2D eigenvalue weighted by atomic mass is 10.00. The molecular formula is C43H48Cl3F3N4O2. The first kappa shape index (κ1) is 42.5. The molecule has 0 radical (unpaired) electrons. The van der Waals surface area contributed by atoms with Gasteiger partial charge in [-0.15, -0.1) is 0 Å². The number of carbonyl (C=O) groups excluding carboxylic acids is 2. The van der Waals surface area contributed by atoms with Gasteiger partial charge in [0, 0.05) is 25.2 Å². The van der Waals surface area contributed by atoms with Crippen molar-refractivity contribution in [1.29, 1.82) is 0 Å². The van der Waals surface area contributed by atoms with Crippen molar-refractivity contribution in [2.45, 2.75) is 76.8 Å². The summed E-state index contributed by atoms with van der Waals surface area (Å²) >= 11 is 18.2. The van der Waals surface area contributed by atoms with Gasteiger partial charge in [0.15, 0.2) is 0 Å². The third-order valence-electron chi connectivity index (χ3n) is 10.5. The van der Waals surface area contributed by atoms with Gasteiger partial charge in [0.25, 0.3) is 11.8 Å². The number of halogens is 6. The normalized spacial score (nSPS) is 18.7. The number of amides is 2. The van der Waals surface area contributed by atoms with E-state index in [0.29, 0.717) is 40.2 Å². The van der Waals surface area contributed by atoms with Crippen LogP contribution in [-0.4, -0.2) is 59.9 Å². The van der Waals surface area contributed by atoms with Crippen LogP contribution in [0.15, 0.2) is 97.1 Å². The first-order chi connectivity index (χ1) is 26.2. The lowest BCUT2D eigenvalue weighted by Crippen LogP contribution is -2.42. The van der Waals surface area contributed by atoms with Crippen molar-refractivity contribution in [1.82, 2.24) is 20.4 Å². The van der Waals surface area contributed by atoms with Gasteiger partial charge in [-0.25, -0.2) is 0 Å². The minimum absolute atomic E-state index is 0.0932. The second-order valence-electron chi connectivity index (χ2n) is 14.6. The maximum Gasteiger partial charge on any atom is 0.417 e. The number of alkyl halides is 3. The minimum Gasteiger partial charge on any atom is -0.344 e. The molecule has 6 rings (SSSR count). The van der Waals surface area contributed by atoms with Crippen LogP contribution in [0.25, 0.3) is 0 Å². The van der Waals surface area contributed by atoms with E-state index in [0.717, 1.165) is 49.7 Å². The summed E-state index contributed by atoms with van der Waals surface area (Å²) in [4.78, 5) is 30.5. The van der Waals surface area contributed by atoms with Gasteiger partial charge in [-0.2, -0.15) is 13.2 Å². The second kappa shape index (κ2) is 19.5. The number of nitrogens with one attached hydrogen (secondary N) is 2. The molecule has 0 aliphatic carbocycles. The molecule has 2 aliphatic heterocycles. The van der Waals surface area contributed by atoms with Crippen LogP contribution in [0.5, 0.6) is 0 Å². The van der Waals surface area contributed by atoms with E-state index in [2.05, 4.69) is 41.2 Å². The molecule has 294 valence electrons. The van der Waals surface area contributed by atoms with E-state index >= 15 is 0 Å². The topological polar surface area (TPSA) is 64.7 Å². The summed E-state index contributed by atoms with van der Waals surface area (Å²) in [5, 5.41) is 6.17. The highest BCUT2D eigenvalue weighted by molar-refractivity contribution is 6.43.